The quantitative estimate of drug-likeness (QED) is 0.940. The summed E-state index contributed by atoms with van der Waals surface area (Å²) in [5.41, 5.74) is 3.80. The molecule has 6 heteroatoms. The van der Waals surface area contributed by atoms with Gasteiger partial charge in [-0.1, -0.05) is 37.3 Å². The van der Waals surface area contributed by atoms with Gasteiger partial charge >= 0.3 is 0 Å². The third-order valence-corrected chi connectivity index (χ3v) is 3.57. The molecule has 0 aliphatic heterocycles. The van der Waals surface area contributed by atoms with Crippen LogP contribution in [0.4, 0.5) is 5.69 Å². The third-order valence-electron chi connectivity index (χ3n) is 3.57. The number of hydrogen-bond donors (Lipinski definition) is 1. The smallest absolute Gasteiger partial charge is 0.246 e. The van der Waals surface area contributed by atoms with Crippen molar-refractivity contribution in [2.75, 3.05) is 5.32 Å². The second-order valence-electron chi connectivity index (χ2n) is 5.53. The third kappa shape index (κ3) is 3.14. The standard InChI is InChI=1S/C16H19N5O/c1-10(2)13-7-5-6-11(3)16(13)18-15(22)9-21-12(4)14(8-17)19-20-21/h5-7,10H,9H2,1-4H3,(H,18,22). The normalized spacial score (nSPS) is 10.5. The van der Waals surface area contributed by atoms with Crippen LogP contribution in [0, 0.1) is 25.2 Å². The number of nitrogens with zero attached hydrogens (tertiary/aromatic N) is 4. The van der Waals surface area contributed by atoms with Gasteiger partial charge in [0, 0.05) is 5.69 Å². The molecule has 0 fully saturated rings. The van der Waals surface area contributed by atoms with Crippen molar-refractivity contribution in [2.24, 2.45) is 0 Å². The lowest BCUT2D eigenvalue weighted by molar-refractivity contribution is -0.117. The first kappa shape index (κ1) is 15.7. The van der Waals surface area contributed by atoms with Crippen LogP contribution in [0.1, 0.15) is 42.3 Å². The highest BCUT2D eigenvalue weighted by atomic mass is 16.2. The van der Waals surface area contributed by atoms with Gasteiger partial charge in [-0.25, -0.2) is 4.68 Å². The van der Waals surface area contributed by atoms with Crippen molar-refractivity contribution < 1.29 is 4.79 Å². The average molecular weight is 297 g/mol. The molecular formula is C16H19N5O. The molecule has 0 atom stereocenters. The Balaban J connectivity index is 2.19. The fraction of sp³-hybridized carbons (Fsp3) is 0.375. The van der Waals surface area contributed by atoms with Crippen LogP contribution in [-0.2, 0) is 11.3 Å². The van der Waals surface area contributed by atoms with Gasteiger partial charge in [-0.05, 0) is 30.9 Å². The largest absolute Gasteiger partial charge is 0.324 e. The van der Waals surface area contributed by atoms with Gasteiger partial charge in [0.05, 0.1) is 5.69 Å². The van der Waals surface area contributed by atoms with Crippen molar-refractivity contribution in [2.45, 2.75) is 40.2 Å². The highest BCUT2D eigenvalue weighted by Crippen LogP contribution is 2.27. The van der Waals surface area contributed by atoms with E-state index in [9.17, 15) is 4.79 Å². The van der Waals surface area contributed by atoms with Gasteiger partial charge in [0.15, 0.2) is 5.69 Å². The van der Waals surface area contributed by atoms with Crippen molar-refractivity contribution in [3.63, 3.8) is 0 Å². The zero-order valence-corrected chi connectivity index (χ0v) is 13.2. The summed E-state index contributed by atoms with van der Waals surface area (Å²) >= 11 is 0. The number of amides is 1. The Kier molecular flexibility index (Phi) is 4.56. The first-order chi connectivity index (χ1) is 10.4. The van der Waals surface area contributed by atoms with E-state index in [1.54, 1.807) is 6.92 Å². The number of para-hydroxylation sites is 1. The van der Waals surface area contributed by atoms with Gasteiger partial charge < -0.3 is 5.32 Å². The molecule has 1 aromatic carbocycles. The number of carbonyl (C=O) groups is 1. The van der Waals surface area contributed by atoms with E-state index in [-0.39, 0.29) is 18.1 Å². The molecule has 0 bridgehead atoms. The number of nitriles is 1. The highest BCUT2D eigenvalue weighted by Gasteiger charge is 2.15. The van der Waals surface area contributed by atoms with Crippen LogP contribution < -0.4 is 5.32 Å². The average Bonchev–Trinajstić information content (AvgIpc) is 2.81. The zero-order chi connectivity index (χ0) is 16.3. The molecule has 0 unspecified atom stereocenters. The molecule has 2 rings (SSSR count). The Morgan fingerprint density at radius 1 is 1.41 bits per heavy atom. The molecular weight excluding hydrogens is 278 g/mol. The van der Waals surface area contributed by atoms with Crippen LogP contribution in [0.2, 0.25) is 0 Å². The number of benzene rings is 1. The number of carbonyl (C=O) groups excluding carboxylic acids is 1. The summed E-state index contributed by atoms with van der Waals surface area (Å²) in [7, 11) is 0. The Hall–Kier alpha value is -2.68. The maximum Gasteiger partial charge on any atom is 0.246 e. The minimum Gasteiger partial charge on any atom is -0.324 e. The second kappa shape index (κ2) is 6.39. The minimum atomic E-state index is -0.186. The summed E-state index contributed by atoms with van der Waals surface area (Å²) in [6, 6.07) is 7.92. The monoisotopic (exact) mass is 297 g/mol. The van der Waals surface area contributed by atoms with Gasteiger partial charge in [0.2, 0.25) is 5.91 Å². The Morgan fingerprint density at radius 3 is 2.73 bits per heavy atom. The molecule has 2 aromatic rings. The number of anilines is 1. The van der Waals surface area contributed by atoms with E-state index >= 15 is 0 Å². The fourth-order valence-electron chi connectivity index (χ4n) is 2.27. The predicted molar refractivity (Wildman–Crippen MR) is 83.4 cm³/mol. The van der Waals surface area contributed by atoms with Gasteiger partial charge in [-0.3, -0.25) is 4.79 Å². The van der Waals surface area contributed by atoms with E-state index in [4.69, 9.17) is 5.26 Å². The Labute approximate surface area is 129 Å². The number of nitrogens with one attached hydrogen (secondary N) is 1. The van der Waals surface area contributed by atoms with E-state index in [1.807, 2.05) is 31.2 Å². The van der Waals surface area contributed by atoms with Crippen LogP contribution in [0.25, 0.3) is 0 Å². The Bertz CT molecular complexity index is 739. The highest BCUT2D eigenvalue weighted by molar-refractivity contribution is 5.92. The van der Waals surface area contributed by atoms with Crippen LogP contribution in [0.5, 0.6) is 0 Å². The molecule has 0 radical (unpaired) electrons. The first-order valence-electron chi connectivity index (χ1n) is 7.13. The van der Waals surface area contributed by atoms with Gasteiger partial charge in [0.25, 0.3) is 0 Å². The van der Waals surface area contributed by atoms with Crippen LogP contribution in [0.15, 0.2) is 18.2 Å². The van der Waals surface area contributed by atoms with Crippen molar-refractivity contribution >= 4 is 11.6 Å². The lowest BCUT2D eigenvalue weighted by Crippen LogP contribution is -2.21. The molecule has 1 aromatic heterocycles. The first-order valence-corrected chi connectivity index (χ1v) is 7.13. The molecule has 1 amide bonds. The van der Waals surface area contributed by atoms with Crippen molar-refractivity contribution in [3.05, 3.63) is 40.7 Å². The molecule has 0 saturated carbocycles. The summed E-state index contributed by atoms with van der Waals surface area (Å²) in [6.07, 6.45) is 0. The summed E-state index contributed by atoms with van der Waals surface area (Å²) in [6.45, 7) is 7.90. The van der Waals surface area contributed by atoms with E-state index in [0.29, 0.717) is 11.6 Å². The minimum absolute atomic E-state index is 0.0341. The zero-order valence-electron chi connectivity index (χ0n) is 13.2. The molecule has 22 heavy (non-hydrogen) atoms. The summed E-state index contributed by atoms with van der Waals surface area (Å²) < 4.78 is 1.43. The predicted octanol–water partition coefficient (Wildman–Crippen LogP) is 2.53. The molecule has 0 aliphatic rings. The maximum absolute atomic E-state index is 12.3. The molecule has 6 nitrogen and oxygen atoms in total. The molecule has 0 saturated heterocycles. The SMILES string of the molecule is Cc1cccc(C(C)C)c1NC(=O)Cn1nnc(C#N)c1C. The van der Waals surface area contributed by atoms with Crippen molar-refractivity contribution in [1.29, 1.82) is 5.26 Å². The topological polar surface area (TPSA) is 83.6 Å². The van der Waals surface area contributed by atoms with Crippen molar-refractivity contribution in [1.82, 2.24) is 15.0 Å². The molecule has 1 N–H and O–H groups in total. The Morgan fingerprint density at radius 2 is 2.14 bits per heavy atom. The van der Waals surface area contributed by atoms with Gasteiger partial charge in [-0.15, -0.1) is 5.10 Å². The summed E-state index contributed by atoms with van der Waals surface area (Å²) in [4.78, 5) is 12.3. The van der Waals surface area contributed by atoms with E-state index in [0.717, 1.165) is 16.8 Å². The lowest BCUT2D eigenvalue weighted by Gasteiger charge is -2.16. The molecule has 0 spiro atoms. The maximum atomic E-state index is 12.3. The summed E-state index contributed by atoms with van der Waals surface area (Å²) in [5, 5.41) is 19.4. The second-order valence-corrected chi connectivity index (χ2v) is 5.53. The van der Waals surface area contributed by atoms with Crippen LogP contribution >= 0.6 is 0 Å². The number of rotatable bonds is 4. The van der Waals surface area contributed by atoms with E-state index < -0.39 is 0 Å². The number of aryl methyl sites for hydroxylation is 1. The molecule has 0 aliphatic carbocycles. The molecule has 1 heterocycles. The van der Waals surface area contributed by atoms with E-state index in [2.05, 4.69) is 29.5 Å². The van der Waals surface area contributed by atoms with E-state index in [1.165, 1.54) is 4.68 Å². The van der Waals surface area contributed by atoms with Gasteiger partial charge in [0.1, 0.15) is 12.6 Å². The summed E-state index contributed by atoms with van der Waals surface area (Å²) in [5.74, 6) is 0.127. The van der Waals surface area contributed by atoms with Crippen LogP contribution in [0.3, 0.4) is 0 Å². The number of aromatic nitrogens is 3. The van der Waals surface area contributed by atoms with Gasteiger partial charge in [-0.2, -0.15) is 5.26 Å². The van der Waals surface area contributed by atoms with Crippen LogP contribution in [-0.4, -0.2) is 20.9 Å². The van der Waals surface area contributed by atoms with Crippen molar-refractivity contribution in [3.8, 4) is 6.07 Å². The number of hydrogen-bond acceptors (Lipinski definition) is 4. The fourth-order valence-corrected chi connectivity index (χ4v) is 2.27. The molecule has 114 valence electrons. The lowest BCUT2D eigenvalue weighted by atomic mass is 9.98.